The number of H-pyrrole nitrogens is 1. The number of carboxylic acid groups (broad SMARTS) is 1. The number of aromatic carboxylic acids is 1. The van der Waals surface area contributed by atoms with Crippen LogP contribution in [0.15, 0.2) is 24.4 Å². The maximum Gasteiger partial charge on any atom is 0.353 e. The van der Waals surface area contributed by atoms with Crippen molar-refractivity contribution < 1.29 is 9.90 Å². The number of carbonyl (C=O) groups is 1. The summed E-state index contributed by atoms with van der Waals surface area (Å²) < 4.78 is 0. The minimum absolute atomic E-state index is 0.104. The maximum absolute atomic E-state index is 11.0. The van der Waals surface area contributed by atoms with Gasteiger partial charge in [0.15, 0.2) is 0 Å². The average Bonchev–Trinajstić information content (AvgIpc) is 3.00. The van der Waals surface area contributed by atoms with Gasteiger partial charge in [0.25, 0.3) is 0 Å². The summed E-state index contributed by atoms with van der Waals surface area (Å²) in [6, 6.07) is 6.71. The van der Waals surface area contributed by atoms with Gasteiger partial charge >= 0.3 is 5.97 Å². The van der Waals surface area contributed by atoms with E-state index in [2.05, 4.69) is 55.9 Å². The van der Waals surface area contributed by atoms with Gasteiger partial charge in [0.2, 0.25) is 0 Å². The van der Waals surface area contributed by atoms with E-state index in [0.29, 0.717) is 5.82 Å². The minimum atomic E-state index is -0.998. The molecule has 0 spiro atoms. The van der Waals surface area contributed by atoms with Crippen LogP contribution in [0.4, 0.5) is 0 Å². The second kappa shape index (κ2) is 5.87. The van der Waals surface area contributed by atoms with E-state index >= 15 is 0 Å². The Hall–Kier alpha value is -2.36. The molecule has 0 bridgehead atoms. The van der Waals surface area contributed by atoms with Crippen LogP contribution in [-0.4, -0.2) is 21.0 Å². The molecule has 0 atom stereocenters. The van der Waals surface area contributed by atoms with Gasteiger partial charge in [-0.1, -0.05) is 45.9 Å². The molecule has 1 aromatic heterocycles. The summed E-state index contributed by atoms with van der Waals surface area (Å²) in [6.07, 6.45) is 5.62. The Morgan fingerprint density at radius 2 is 1.80 bits per heavy atom. The Labute approximate surface area is 149 Å². The monoisotopic (exact) mass is 338 g/mol. The summed E-state index contributed by atoms with van der Waals surface area (Å²) in [4.78, 5) is 17.9. The Morgan fingerprint density at radius 3 is 2.40 bits per heavy atom. The van der Waals surface area contributed by atoms with Gasteiger partial charge in [0, 0.05) is 0 Å². The summed E-state index contributed by atoms with van der Waals surface area (Å²) in [5.41, 5.74) is 5.55. The molecule has 4 nitrogen and oxygen atoms in total. The highest BCUT2D eigenvalue weighted by Gasteiger charge is 2.36. The maximum atomic E-state index is 11.0. The first kappa shape index (κ1) is 17.5. The number of benzene rings is 1. The minimum Gasteiger partial charge on any atom is -0.477 e. The van der Waals surface area contributed by atoms with Crippen molar-refractivity contribution in [1.82, 2.24) is 9.97 Å². The molecule has 1 aliphatic rings. The smallest absolute Gasteiger partial charge is 0.353 e. The fourth-order valence-electron chi connectivity index (χ4n) is 3.64. The summed E-state index contributed by atoms with van der Waals surface area (Å²) in [5, 5.41) is 9.00. The quantitative estimate of drug-likeness (QED) is 0.826. The highest BCUT2D eigenvalue weighted by molar-refractivity contribution is 5.86. The van der Waals surface area contributed by atoms with E-state index < -0.39 is 5.97 Å². The number of rotatable bonds is 3. The van der Waals surface area contributed by atoms with E-state index in [4.69, 9.17) is 5.11 Å². The molecule has 0 fully saturated rings. The van der Waals surface area contributed by atoms with Crippen LogP contribution in [0.25, 0.3) is 11.6 Å². The molecular weight excluding hydrogens is 312 g/mol. The summed E-state index contributed by atoms with van der Waals surface area (Å²) in [7, 11) is 0. The molecule has 2 N–H and O–H groups in total. The van der Waals surface area contributed by atoms with Gasteiger partial charge in [-0.25, -0.2) is 9.78 Å². The van der Waals surface area contributed by atoms with Crippen molar-refractivity contribution in [2.75, 3.05) is 0 Å². The molecule has 0 aliphatic heterocycles. The van der Waals surface area contributed by atoms with Crippen LogP contribution < -0.4 is 0 Å². The molecule has 1 aliphatic carbocycles. The topological polar surface area (TPSA) is 66.0 Å². The number of allylic oxidation sites excluding steroid dienone is 1. The molecular formula is C21H26N2O2. The molecule has 25 heavy (non-hydrogen) atoms. The third-order valence-corrected chi connectivity index (χ3v) is 5.49. The fraction of sp³-hybridized carbons (Fsp3) is 0.429. The number of nitrogens with zero attached hydrogens (tertiary/aromatic N) is 1. The highest BCUT2D eigenvalue weighted by Crippen LogP contribution is 2.46. The van der Waals surface area contributed by atoms with Crippen molar-refractivity contribution in [3.63, 3.8) is 0 Å². The molecule has 1 aromatic carbocycles. The van der Waals surface area contributed by atoms with E-state index in [-0.39, 0.29) is 16.5 Å². The number of hydrogen-bond acceptors (Lipinski definition) is 2. The molecule has 0 saturated carbocycles. The first-order chi connectivity index (χ1) is 11.6. The van der Waals surface area contributed by atoms with Gasteiger partial charge < -0.3 is 10.1 Å². The van der Waals surface area contributed by atoms with Crippen molar-refractivity contribution >= 4 is 17.6 Å². The van der Waals surface area contributed by atoms with E-state index in [0.717, 1.165) is 11.1 Å². The Bertz CT molecular complexity index is 857. The van der Waals surface area contributed by atoms with E-state index in [1.54, 1.807) is 0 Å². The normalized spacial score (nSPS) is 18.7. The third kappa shape index (κ3) is 3.26. The van der Waals surface area contributed by atoms with Gasteiger partial charge in [0.05, 0.1) is 6.20 Å². The fourth-order valence-corrected chi connectivity index (χ4v) is 3.64. The van der Waals surface area contributed by atoms with Gasteiger partial charge in [-0.05, 0) is 58.9 Å². The van der Waals surface area contributed by atoms with Crippen molar-refractivity contribution in [2.45, 2.75) is 58.3 Å². The lowest BCUT2D eigenvalue weighted by Crippen LogP contribution is -2.33. The predicted molar refractivity (Wildman–Crippen MR) is 101 cm³/mol. The lowest BCUT2D eigenvalue weighted by atomic mass is 9.63. The SMILES string of the molecule is C/C(=C\c1ncc(C(=O)O)[nH]1)c1ccc2c(c1)C(C)(C)CCC2(C)C. The van der Waals surface area contributed by atoms with E-state index in [1.165, 1.54) is 30.2 Å². The van der Waals surface area contributed by atoms with E-state index in [9.17, 15) is 4.79 Å². The number of hydrogen-bond donors (Lipinski definition) is 2. The molecule has 0 saturated heterocycles. The molecule has 132 valence electrons. The zero-order valence-corrected chi connectivity index (χ0v) is 15.6. The third-order valence-electron chi connectivity index (χ3n) is 5.49. The lowest BCUT2D eigenvalue weighted by molar-refractivity contribution is 0.0691. The standard InChI is InChI=1S/C21H26N2O2/c1-13(10-18-22-12-17(23-18)19(24)25)14-6-7-15-16(11-14)21(4,5)9-8-20(15,2)3/h6-7,10-12H,8-9H2,1-5H3,(H,22,23)(H,24,25)/b13-10+. The van der Waals surface area contributed by atoms with Crippen molar-refractivity contribution in [1.29, 1.82) is 0 Å². The number of aromatic nitrogens is 2. The number of carboxylic acids is 1. The number of imidazole rings is 1. The molecule has 4 heteroatoms. The molecule has 0 unspecified atom stereocenters. The number of aromatic amines is 1. The number of nitrogens with one attached hydrogen (secondary N) is 1. The van der Waals surface area contributed by atoms with E-state index in [1.807, 2.05) is 13.0 Å². The van der Waals surface area contributed by atoms with Crippen LogP contribution in [0, 0.1) is 0 Å². The van der Waals surface area contributed by atoms with Crippen LogP contribution in [0.2, 0.25) is 0 Å². The molecule has 1 heterocycles. The van der Waals surface area contributed by atoms with Crippen LogP contribution in [0.5, 0.6) is 0 Å². The second-order valence-electron chi connectivity index (χ2n) is 8.34. The molecule has 3 rings (SSSR count). The first-order valence-corrected chi connectivity index (χ1v) is 8.72. The van der Waals surface area contributed by atoms with Gasteiger partial charge in [0.1, 0.15) is 11.5 Å². The lowest BCUT2D eigenvalue weighted by Gasteiger charge is -2.42. The summed E-state index contributed by atoms with van der Waals surface area (Å²) >= 11 is 0. The van der Waals surface area contributed by atoms with Crippen LogP contribution in [0.1, 0.15) is 80.5 Å². The molecule has 0 amide bonds. The summed E-state index contributed by atoms with van der Waals surface area (Å²) in [5.74, 6) is -0.435. The van der Waals surface area contributed by atoms with Gasteiger partial charge in [-0.2, -0.15) is 0 Å². The van der Waals surface area contributed by atoms with Gasteiger partial charge in [-0.15, -0.1) is 0 Å². The Kier molecular flexibility index (Phi) is 4.10. The average molecular weight is 338 g/mol. The zero-order chi connectivity index (χ0) is 18.4. The van der Waals surface area contributed by atoms with Crippen LogP contribution >= 0.6 is 0 Å². The summed E-state index contributed by atoms with van der Waals surface area (Å²) in [6.45, 7) is 11.3. The zero-order valence-electron chi connectivity index (χ0n) is 15.6. The van der Waals surface area contributed by atoms with Gasteiger partial charge in [-0.3, -0.25) is 0 Å². The molecule has 0 radical (unpaired) electrons. The predicted octanol–water partition coefficient (Wildman–Crippen LogP) is 5.02. The number of fused-ring (bicyclic) bond motifs is 1. The van der Waals surface area contributed by atoms with Crippen LogP contribution in [0.3, 0.4) is 0 Å². The van der Waals surface area contributed by atoms with Crippen molar-refractivity contribution in [3.05, 3.63) is 52.6 Å². The first-order valence-electron chi connectivity index (χ1n) is 8.72. The van der Waals surface area contributed by atoms with Crippen molar-refractivity contribution in [3.8, 4) is 0 Å². The second-order valence-corrected chi connectivity index (χ2v) is 8.34. The van der Waals surface area contributed by atoms with Crippen molar-refractivity contribution in [2.24, 2.45) is 0 Å². The Balaban J connectivity index is 2.00. The largest absolute Gasteiger partial charge is 0.477 e. The van der Waals surface area contributed by atoms with Crippen LogP contribution in [-0.2, 0) is 10.8 Å². The molecule has 2 aromatic rings. The highest BCUT2D eigenvalue weighted by atomic mass is 16.4. The Morgan fingerprint density at radius 1 is 1.16 bits per heavy atom.